The molecule has 0 saturated heterocycles. The van der Waals surface area contributed by atoms with Crippen molar-refractivity contribution in [1.29, 1.82) is 0 Å². The summed E-state index contributed by atoms with van der Waals surface area (Å²) >= 11 is 3.58. The van der Waals surface area contributed by atoms with E-state index in [0.29, 0.717) is 5.92 Å². The fraction of sp³-hybridized carbons (Fsp3) is 0.235. The average Bonchev–Trinajstić information content (AvgIpc) is 2.90. The summed E-state index contributed by atoms with van der Waals surface area (Å²) in [5.74, 6) is 0.496. The lowest BCUT2D eigenvalue weighted by Crippen LogP contribution is -1.83. The first-order chi connectivity index (χ1) is 9.67. The van der Waals surface area contributed by atoms with Crippen molar-refractivity contribution in [2.45, 2.75) is 24.7 Å². The SMILES string of the molecule is CSc1cccc(-c2ccc3sc(C(C)C)nc3c2)c1. The smallest absolute Gasteiger partial charge is 0.0963 e. The van der Waals surface area contributed by atoms with Gasteiger partial charge in [-0.2, -0.15) is 0 Å². The van der Waals surface area contributed by atoms with E-state index in [-0.39, 0.29) is 0 Å². The van der Waals surface area contributed by atoms with Gasteiger partial charge in [-0.25, -0.2) is 4.98 Å². The van der Waals surface area contributed by atoms with Gasteiger partial charge in [-0.3, -0.25) is 0 Å². The molecule has 0 bridgehead atoms. The van der Waals surface area contributed by atoms with Gasteiger partial charge in [-0.05, 0) is 41.6 Å². The topological polar surface area (TPSA) is 12.9 Å². The van der Waals surface area contributed by atoms with Gasteiger partial charge in [0.25, 0.3) is 0 Å². The van der Waals surface area contributed by atoms with Crippen LogP contribution >= 0.6 is 23.1 Å². The van der Waals surface area contributed by atoms with Crippen LogP contribution in [0.4, 0.5) is 0 Å². The Balaban J connectivity index is 2.07. The minimum Gasteiger partial charge on any atom is -0.241 e. The molecule has 0 aliphatic carbocycles. The third kappa shape index (κ3) is 2.60. The summed E-state index contributed by atoms with van der Waals surface area (Å²) in [6.45, 7) is 4.39. The summed E-state index contributed by atoms with van der Waals surface area (Å²) in [6, 6.07) is 15.3. The summed E-state index contributed by atoms with van der Waals surface area (Å²) in [5.41, 5.74) is 3.62. The molecule has 3 aromatic rings. The van der Waals surface area contributed by atoms with E-state index in [4.69, 9.17) is 4.98 Å². The fourth-order valence-electron chi connectivity index (χ4n) is 2.17. The highest BCUT2D eigenvalue weighted by atomic mass is 32.2. The van der Waals surface area contributed by atoms with Crippen LogP contribution < -0.4 is 0 Å². The fourth-order valence-corrected chi connectivity index (χ4v) is 3.58. The molecule has 0 saturated carbocycles. The third-order valence-corrected chi connectivity index (χ3v) is 5.36. The second-order valence-electron chi connectivity index (χ2n) is 5.12. The molecular formula is C17H17NS2. The molecule has 1 aromatic heterocycles. The van der Waals surface area contributed by atoms with E-state index < -0.39 is 0 Å². The molecule has 102 valence electrons. The Hall–Kier alpha value is -1.32. The van der Waals surface area contributed by atoms with Gasteiger partial charge >= 0.3 is 0 Å². The van der Waals surface area contributed by atoms with E-state index in [0.717, 1.165) is 5.52 Å². The quantitative estimate of drug-likeness (QED) is 0.566. The molecule has 1 heterocycles. The molecule has 0 fully saturated rings. The Morgan fingerprint density at radius 1 is 1.05 bits per heavy atom. The molecule has 0 unspecified atom stereocenters. The molecule has 0 radical (unpaired) electrons. The van der Waals surface area contributed by atoms with Crippen molar-refractivity contribution < 1.29 is 0 Å². The lowest BCUT2D eigenvalue weighted by molar-refractivity contribution is 0.857. The Morgan fingerprint density at radius 2 is 1.85 bits per heavy atom. The van der Waals surface area contributed by atoms with Crippen LogP contribution in [-0.2, 0) is 0 Å². The van der Waals surface area contributed by atoms with E-state index in [1.54, 1.807) is 23.1 Å². The van der Waals surface area contributed by atoms with Crippen molar-refractivity contribution in [3.8, 4) is 11.1 Å². The Morgan fingerprint density at radius 3 is 2.60 bits per heavy atom. The highest BCUT2D eigenvalue weighted by molar-refractivity contribution is 7.98. The molecule has 0 N–H and O–H groups in total. The Labute approximate surface area is 128 Å². The van der Waals surface area contributed by atoms with Gasteiger partial charge in [0.15, 0.2) is 0 Å². The number of hydrogen-bond donors (Lipinski definition) is 0. The monoisotopic (exact) mass is 299 g/mol. The first-order valence-corrected chi connectivity index (χ1v) is 8.76. The zero-order chi connectivity index (χ0) is 14.1. The number of fused-ring (bicyclic) bond motifs is 1. The summed E-state index contributed by atoms with van der Waals surface area (Å²) in [7, 11) is 0. The number of benzene rings is 2. The molecule has 20 heavy (non-hydrogen) atoms. The number of hydrogen-bond acceptors (Lipinski definition) is 3. The second-order valence-corrected chi connectivity index (χ2v) is 7.06. The third-order valence-electron chi connectivity index (χ3n) is 3.30. The van der Waals surface area contributed by atoms with Crippen molar-refractivity contribution in [3.63, 3.8) is 0 Å². The highest BCUT2D eigenvalue weighted by Crippen LogP contribution is 2.31. The van der Waals surface area contributed by atoms with E-state index in [1.807, 2.05) is 0 Å². The van der Waals surface area contributed by atoms with Crippen molar-refractivity contribution >= 4 is 33.3 Å². The Bertz CT molecular complexity index is 744. The maximum Gasteiger partial charge on any atom is 0.0963 e. The standard InChI is InChI=1S/C17H17NS2/c1-11(2)17-18-15-10-13(7-8-16(15)20-17)12-5-4-6-14(9-12)19-3/h4-11H,1-3H3. The zero-order valence-electron chi connectivity index (χ0n) is 11.9. The van der Waals surface area contributed by atoms with Gasteiger partial charge in [0, 0.05) is 10.8 Å². The predicted molar refractivity (Wildman–Crippen MR) is 90.9 cm³/mol. The van der Waals surface area contributed by atoms with Crippen molar-refractivity contribution in [2.24, 2.45) is 0 Å². The second kappa shape index (κ2) is 5.58. The maximum atomic E-state index is 4.75. The minimum atomic E-state index is 0.496. The van der Waals surface area contributed by atoms with Gasteiger partial charge in [0.1, 0.15) is 0 Å². The van der Waals surface area contributed by atoms with Crippen LogP contribution in [0.1, 0.15) is 24.8 Å². The van der Waals surface area contributed by atoms with Crippen LogP contribution in [0, 0.1) is 0 Å². The van der Waals surface area contributed by atoms with Crippen LogP contribution in [0.25, 0.3) is 21.3 Å². The molecule has 3 rings (SSSR count). The minimum absolute atomic E-state index is 0.496. The van der Waals surface area contributed by atoms with Gasteiger partial charge in [0.05, 0.1) is 15.2 Å². The van der Waals surface area contributed by atoms with Gasteiger partial charge < -0.3 is 0 Å². The van der Waals surface area contributed by atoms with Crippen molar-refractivity contribution in [3.05, 3.63) is 47.5 Å². The number of aromatic nitrogens is 1. The molecule has 0 aliphatic heterocycles. The van der Waals surface area contributed by atoms with Crippen LogP contribution in [0.2, 0.25) is 0 Å². The van der Waals surface area contributed by atoms with E-state index in [1.165, 1.54) is 25.7 Å². The van der Waals surface area contributed by atoms with E-state index >= 15 is 0 Å². The molecule has 0 spiro atoms. The first kappa shape index (κ1) is 13.7. The molecule has 0 amide bonds. The van der Waals surface area contributed by atoms with Gasteiger partial charge in [0.2, 0.25) is 0 Å². The van der Waals surface area contributed by atoms with E-state index in [2.05, 4.69) is 62.6 Å². The molecule has 1 nitrogen and oxygen atoms in total. The van der Waals surface area contributed by atoms with Gasteiger partial charge in [-0.15, -0.1) is 23.1 Å². The number of thiazole rings is 1. The zero-order valence-corrected chi connectivity index (χ0v) is 13.5. The number of rotatable bonds is 3. The lowest BCUT2D eigenvalue weighted by Gasteiger charge is -2.03. The van der Waals surface area contributed by atoms with Crippen LogP contribution in [0.15, 0.2) is 47.4 Å². The van der Waals surface area contributed by atoms with Crippen molar-refractivity contribution in [2.75, 3.05) is 6.26 Å². The predicted octanol–water partition coefficient (Wildman–Crippen LogP) is 5.81. The first-order valence-electron chi connectivity index (χ1n) is 6.72. The maximum absolute atomic E-state index is 4.75. The average molecular weight is 299 g/mol. The number of nitrogens with zero attached hydrogens (tertiary/aromatic N) is 1. The van der Waals surface area contributed by atoms with Crippen LogP contribution in [0.5, 0.6) is 0 Å². The Kier molecular flexibility index (Phi) is 3.81. The van der Waals surface area contributed by atoms with Crippen molar-refractivity contribution in [1.82, 2.24) is 4.98 Å². The number of thioether (sulfide) groups is 1. The van der Waals surface area contributed by atoms with Crippen LogP contribution in [-0.4, -0.2) is 11.2 Å². The summed E-state index contributed by atoms with van der Waals surface area (Å²) in [4.78, 5) is 6.05. The normalized spacial score (nSPS) is 11.4. The lowest BCUT2D eigenvalue weighted by atomic mass is 10.1. The summed E-state index contributed by atoms with van der Waals surface area (Å²) in [6.07, 6.45) is 2.11. The summed E-state index contributed by atoms with van der Waals surface area (Å²) in [5, 5.41) is 1.22. The molecular weight excluding hydrogens is 282 g/mol. The summed E-state index contributed by atoms with van der Waals surface area (Å²) < 4.78 is 1.28. The molecule has 0 aliphatic rings. The highest BCUT2D eigenvalue weighted by Gasteiger charge is 2.08. The largest absolute Gasteiger partial charge is 0.241 e. The van der Waals surface area contributed by atoms with Crippen LogP contribution in [0.3, 0.4) is 0 Å². The molecule has 0 atom stereocenters. The van der Waals surface area contributed by atoms with E-state index in [9.17, 15) is 0 Å². The van der Waals surface area contributed by atoms with Gasteiger partial charge in [-0.1, -0.05) is 32.0 Å². The molecule has 2 aromatic carbocycles. The molecule has 3 heteroatoms.